The Bertz CT molecular complexity index is 770. The number of carbonyl (C=O) groups is 1. The van der Waals surface area contributed by atoms with E-state index < -0.39 is 0 Å². The number of aryl methyl sites for hydroxylation is 1. The summed E-state index contributed by atoms with van der Waals surface area (Å²) in [6.45, 7) is 4.08. The minimum atomic E-state index is 0.176. The Balaban J connectivity index is 1.29. The molecule has 1 unspecified atom stereocenters. The highest BCUT2D eigenvalue weighted by atomic mass is 79.9. The van der Waals surface area contributed by atoms with Crippen LogP contribution >= 0.6 is 15.9 Å². The molecule has 1 N–H and O–H groups in total. The molecule has 1 amide bonds. The van der Waals surface area contributed by atoms with Crippen LogP contribution in [0.1, 0.15) is 38.5 Å². The molecule has 4 nitrogen and oxygen atoms in total. The first kappa shape index (κ1) is 18.1. The summed E-state index contributed by atoms with van der Waals surface area (Å²) in [6, 6.07) is 9.09. The van der Waals surface area contributed by atoms with Gasteiger partial charge >= 0.3 is 0 Å². The highest BCUT2D eigenvalue weighted by Gasteiger charge is 2.32. The van der Waals surface area contributed by atoms with Crippen molar-refractivity contribution in [3.63, 3.8) is 0 Å². The topological polar surface area (TPSA) is 37.3 Å². The third-order valence-corrected chi connectivity index (χ3v) is 6.60. The predicted octanol–water partition coefficient (Wildman–Crippen LogP) is 4.17. The van der Waals surface area contributed by atoms with E-state index in [9.17, 15) is 4.79 Å². The summed E-state index contributed by atoms with van der Waals surface area (Å²) in [5, 5.41) is 4.44. The Kier molecular flexibility index (Phi) is 5.65. The van der Waals surface area contributed by atoms with Gasteiger partial charge < -0.3 is 14.8 Å². The molecule has 0 spiro atoms. The van der Waals surface area contributed by atoms with Gasteiger partial charge in [-0.25, -0.2) is 0 Å². The maximum Gasteiger partial charge on any atom is 0.221 e. The largest absolute Gasteiger partial charge is 0.356 e. The van der Waals surface area contributed by atoms with Gasteiger partial charge in [0, 0.05) is 41.7 Å². The van der Waals surface area contributed by atoms with Crippen molar-refractivity contribution >= 4 is 32.7 Å². The first-order valence-corrected chi connectivity index (χ1v) is 10.8. The molecule has 0 bridgehead atoms. The summed E-state index contributed by atoms with van der Waals surface area (Å²) in [6.07, 6.45) is 9.16. The summed E-state index contributed by atoms with van der Waals surface area (Å²) in [7, 11) is 0. The second-order valence-corrected chi connectivity index (χ2v) is 8.68. The summed E-state index contributed by atoms with van der Waals surface area (Å²) in [5.41, 5.74) is 1.18. The molecule has 140 valence electrons. The van der Waals surface area contributed by atoms with Crippen molar-refractivity contribution in [2.24, 2.45) is 5.92 Å². The van der Waals surface area contributed by atoms with E-state index >= 15 is 0 Å². The molecule has 2 aromatic rings. The Morgan fingerprint density at radius 2 is 2.04 bits per heavy atom. The second kappa shape index (κ2) is 8.13. The molecule has 5 heteroatoms. The molecule has 26 heavy (non-hydrogen) atoms. The van der Waals surface area contributed by atoms with Crippen LogP contribution in [-0.2, 0) is 11.3 Å². The number of benzene rings is 1. The van der Waals surface area contributed by atoms with E-state index in [1.54, 1.807) is 0 Å². The van der Waals surface area contributed by atoms with E-state index in [0.717, 1.165) is 17.6 Å². The van der Waals surface area contributed by atoms with Crippen molar-refractivity contribution in [1.82, 2.24) is 14.8 Å². The number of amides is 1. The van der Waals surface area contributed by atoms with Crippen LogP contribution in [0.25, 0.3) is 10.9 Å². The SMILES string of the molecule is O=C(CCn1ccc2ccc(Br)cc21)NC[C@@H]1CCCN2CCCCC12. The number of carbonyl (C=O) groups excluding carboxylic acids is 1. The van der Waals surface area contributed by atoms with Crippen molar-refractivity contribution in [2.45, 2.75) is 51.1 Å². The molecule has 2 saturated heterocycles. The number of nitrogens with zero attached hydrogens (tertiary/aromatic N) is 2. The molecular formula is C21H28BrN3O. The summed E-state index contributed by atoms with van der Waals surface area (Å²) < 4.78 is 3.24. The van der Waals surface area contributed by atoms with Crippen molar-refractivity contribution in [3.8, 4) is 0 Å². The van der Waals surface area contributed by atoms with E-state index in [4.69, 9.17) is 0 Å². The molecule has 1 aromatic carbocycles. The minimum absolute atomic E-state index is 0.176. The van der Waals surface area contributed by atoms with Crippen LogP contribution in [0.4, 0.5) is 0 Å². The molecule has 0 radical (unpaired) electrons. The fourth-order valence-corrected chi connectivity index (χ4v) is 5.07. The highest BCUT2D eigenvalue weighted by molar-refractivity contribution is 9.10. The zero-order chi connectivity index (χ0) is 17.9. The standard InChI is InChI=1S/C21H28BrN3O/c22-18-7-6-16-8-12-25(20(16)14-18)13-9-21(26)23-15-17-4-3-11-24-10-2-1-5-19(17)24/h6-8,12,14,17,19H,1-5,9-11,13,15H2,(H,23,26)/t17-,19?/m0/s1. The smallest absolute Gasteiger partial charge is 0.221 e. The van der Waals surface area contributed by atoms with Crippen LogP contribution in [-0.4, -0.2) is 41.1 Å². The minimum Gasteiger partial charge on any atom is -0.356 e. The Labute approximate surface area is 164 Å². The third-order valence-electron chi connectivity index (χ3n) is 6.11. The lowest BCUT2D eigenvalue weighted by Gasteiger charge is -2.44. The molecule has 2 fully saturated rings. The van der Waals surface area contributed by atoms with Gasteiger partial charge in [0.1, 0.15) is 0 Å². The van der Waals surface area contributed by atoms with Crippen LogP contribution in [0.2, 0.25) is 0 Å². The first-order valence-electron chi connectivity index (χ1n) is 9.96. The number of fused-ring (bicyclic) bond motifs is 2. The molecule has 2 aliphatic rings. The maximum absolute atomic E-state index is 12.4. The zero-order valence-corrected chi connectivity index (χ0v) is 16.9. The highest BCUT2D eigenvalue weighted by Crippen LogP contribution is 2.30. The number of piperidine rings is 2. The summed E-state index contributed by atoms with van der Waals surface area (Å²) in [5.74, 6) is 0.811. The molecule has 2 atom stereocenters. The number of hydrogen-bond donors (Lipinski definition) is 1. The normalized spacial score (nSPS) is 23.7. The molecular weight excluding hydrogens is 390 g/mol. The van der Waals surface area contributed by atoms with Crippen LogP contribution in [0, 0.1) is 5.92 Å². The molecule has 1 aromatic heterocycles. The van der Waals surface area contributed by atoms with E-state index in [1.807, 2.05) is 0 Å². The molecule has 2 aliphatic heterocycles. The van der Waals surface area contributed by atoms with Gasteiger partial charge in [-0.05, 0) is 68.3 Å². The van der Waals surface area contributed by atoms with Gasteiger partial charge in [0.2, 0.25) is 5.91 Å². The van der Waals surface area contributed by atoms with Gasteiger partial charge in [0.25, 0.3) is 0 Å². The predicted molar refractivity (Wildman–Crippen MR) is 109 cm³/mol. The fraction of sp³-hybridized carbons (Fsp3) is 0.571. The van der Waals surface area contributed by atoms with Crippen LogP contribution in [0.5, 0.6) is 0 Å². The van der Waals surface area contributed by atoms with Crippen molar-refractivity contribution in [1.29, 1.82) is 0 Å². The van der Waals surface area contributed by atoms with Crippen LogP contribution in [0.15, 0.2) is 34.9 Å². The van der Waals surface area contributed by atoms with Crippen LogP contribution in [0.3, 0.4) is 0 Å². The van der Waals surface area contributed by atoms with Crippen molar-refractivity contribution < 1.29 is 4.79 Å². The van der Waals surface area contributed by atoms with Gasteiger partial charge in [-0.1, -0.05) is 28.4 Å². The van der Waals surface area contributed by atoms with Gasteiger partial charge in [0.05, 0.1) is 0 Å². The summed E-state index contributed by atoms with van der Waals surface area (Å²) >= 11 is 3.53. The van der Waals surface area contributed by atoms with Gasteiger partial charge in [-0.2, -0.15) is 0 Å². The number of halogens is 1. The Hall–Kier alpha value is -1.33. The molecule has 3 heterocycles. The van der Waals surface area contributed by atoms with Crippen LogP contribution < -0.4 is 5.32 Å². The van der Waals surface area contributed by atoms with E-state index in [-0.39, 0.29) is 5.91 Å². The van der Waals surface area contributed by atoms with Crippen molar-refractivity contribution in [2.75, 3.05) is 19.6 Å². The lowest BCUT2D eigenvalue weighted by atomic mass is 9.83. The van der Waals surface area contributed by atoms with E-state index in [2.05, 4.69) is 61.2 Å². The average molecular weight is 418 g/mol. The maximum atomic E-state index is 12.4. The van der Waals surface area contributed by atoms with Gasteiger partial charge in [-0.3, -0.25) is 4.79 Å². The number of rotatable bonds is 5. The Morgan fingerprint density at radius 3 is 2.96 bits per heavy atom. The lowest BCUT2D eigenvalue weighted by Crippen LogP contribution is -2.51. The quantitative estimate of drug-likeness (QED) is 0.791. The first-order chi connectivity index (χ1) is 12.7. The molecule has 0 aliphatic carbocycles. The number of hydrogen-bond acceptors (Lipinski definition) is 2. The monoisotopic (exact) mass is 417 g/mol. The fourth-order valence-electron chi connectivity index (χ4n) is 4.72. The van der Waals surface area contributed by atoms with Gasteiger partial charge in [0.15, 0.2) is 0 Å². The average Bonchev–Trinajstić information content (AvgIpc) is 3.06. The lowest BCUT2D eigenvalue weighted by molar-refractivity contribution is -0.121. The third kappa shape index (κ3) is 3.99. The summed E-state index contributed by atoms with van der Waals surface area (Å²) in [4.78, 5) is 15.1. The zero-order valence-electron chi connectivity index (χ0n) is 15.3. The van der Waals surface area contributed by atoms with E-state index in [0.29, 0.717) is 18.4 Å². The second-order valence-electron chi connectivity index (χ2n) is 7.77. The number of aromatic nitrogens is 1. The van der Waals surface area contributed by atoms with Gasteiger partial charge in [-0.15, -0.1) is 0 Å². The molecule has 4 rings (SSSR count). The molecule has 0 saturated carbocycles. The van der Waals surface area contributed by atoms with E-state index in [1.165, 1.54) is 56.1 Å². The Morgan fingerprint density at radius 1 is 1.15 bits per heavy atom. The number of nitrogens with one attached hydrogen (secondary N) is 1. The van der Waals surface area contributed by atoms with Crippen molar-refractivity contribution in [3.05, 3.63) is 34.9 Å².